The van der Waals surface area contributed by atoms with Crippen LogP contribution < -0.4 is 15.2 Å². The molecule has 5 heteroatoms. The second kappa shape index (κ2) is 4.35. The van der Waals surface area contributed by atoms with E-state index in [9.17, 15) is 4.79 Å². The molecule has 2 rings (SSSR count). The number of rotatable bonds is 3. The summed E-state index contributed by atoms with van der Waals surface area (Å²) in [5.41, 5.74) is 5.78. The molecule has 1 amide bonds. The van der Waals surface area contributed by atoms with E-state index in [0.29, 0.717) is 22.9 Å². The summed E-state index contributed by atoms with van der Waals surface area (Å²) in [7, 11) is 0. The number of benzene rings is 1. The van der Waals surface area contributed by atoms with Crippen LogP contribution >= 0.6 is 11.6 Å². The molecule has 4 nitrogen and oxygen atoms in total. The molecule has 2 N–H and O–H groups in total. The predicted octanol–water partition coefficient (Wildman–Crippen LogP) is 2.31. The Morgan fingerprint density at radius 2 is 2.22 bits per heavy atom. The molecule has 0 saturated heterocycles. The first-order valence-electron chi connectivity index (χ1n) is 5.76. The summed E-state index contributed by atoms with van der Waals surface area (Å²) in [6, 6.07) is 3.44. The zero-order chi connectivity index (χ0) is 13.5. The van der Waals surface area contributed by atoms with Crippen LogP contribution in [0.4, 0.5) is 0 Å². The van der Waals surface area contributed by atoms with Gasteiger partial charge in [-0.2, -0.15) is 0 Å². The molecule has 1 aliphatic rings. The van der Waals surface area contributed by atoms with E-state index < -0.39 is 12.0 Å². The molecule has 0 saturated carbocycles. The van der Waals surface area contributed by atoms with Crippen LogP contribution in [0.1, 0.15) is 26.3 Å². The highest BCUT2D eigenvalue weighted by molar-refractivity contribution is 6.31. The Hall–Kier alpha value is -1.42. The van der Waals surface area contributed by atoms with Crippen molar-refractivity contribution in [3.8, 4) is 11.5 Å². The van der Waals surface area contributed by atoms with Crippen LogP contribution in [0.25, 0.3) is 0 Å². The number of ether oxygens (including phenoxy) is 2. The first-order valence-corrected chi connectivity index (χ1v) is 6.14. The van der Waals surface area contributed by atoms with E-state index in [4.69, 9.17) is 26.8 Å². The summed E-state index contributed by atoms with van der Waals surface area (Å²) in [5.74, 6) is 0.600. The summed E-state index contributed by atoms with van der Waals surface area (Å²) in [6.07, 6.45) is 0.00569. The van der Waals surface area contributed by atoms with Crippen LogP contribution in [-0.2, 0) is 11.2 Å². The average molecular weight is 270 g/mol. The van der Waals surface area contributed by atoms with Crippen molar-refractivity contribution >= 4 is 17.5 Å². The van der Waals surface area contributed by atoms with Gasteiger partial charge in [0.15, 0.2) is 17.6 Å². The van der Waals surface area contributed by atoms with Crippen LogP contribution in [-0.4, -0.2) is 17.6 Å². The Bertz CT molecular complexity index is 499. The fraction of sp³-hybridized carbons (Fsp3) is 0.462. The minimum Gasteiger partial charge on any atom is -0.483 e. The zero-order valence-electron chi connectivity index (χ0n) is 10.6. The Balaban J connectivity index is 2.35. The quantitative estimate of drug-likeness (QED) is 0.916. The van der Waals surface area contributed by atoms with E-state index in [-0.39, 0.29) is 5.60 Å². The largest absolute Gasteiger partial charge is 0.483 e. The summed E-state index contributed by atoms with van der Waals surface area (Å²) < 4.78 is 11.3. The second-order valence-electron chi connectivity index (χ2n) is 5.05. The molecule has 1 atom stereocenters. The van der Waals surface area contributed by atoms with Crippen molar-refractivity contribution in [2.45, 2.75) is 38.9 Å². The third-order valence-electron chi connectivity index (χ3n) is 2.85. The Morgan fingerprint density at radius 3 is 2.83 bits per heavy atom. The van der Waals surface area contributed by atoms with Crippen molar-refractivity contribution in [1.29, 1.82) is 0 Å². The van der Waals surface area contributed by atoms with E-state index in [1.54, 1.807) is 19.1 Å². The third kappa shape index (κ3) is 2.38. The highest BCUT2D eigenvalue weighted by Crippen LogP contribution is 2.45. The van der Waals surface area contributed by atoms with Crippen LogP contribution in [0.15, 0.2) is 12.1 Å². The van der Waals surface area contributed by atoms with Crippen molar-refractivity contribution in [3.05, 3.63) is 22.7 Å². The van der Waals surface area contributed by atoms with Crippen LogP contribution in [0.2, 0.25) is 5.02 Å². The highest BCUT2D eigenvalue weighted by atomic mass is 35.5. The van der Waals surface area contributed by atoms with E-state index in [0.717, 1.165) is 5.56 Å². The standard InChI is InChI=1S/C13H16ClNO3/c1-7(12(15)16)17-10-5-4-9(14)8-6-13(2,3)18-11(8)10/h4-5,7H,6H2,1-3H3,(H2,15,16). The van der Waals surface area contributed by atoms with Gasteiger partial charge in [-0.3, -0.25) is 4.79 Å². The molecule has 1 unspecified atom stereocenters. The molecule has 18 heavy (non-hydrogen) atoms. The summed E-state index contributed by atoms with van der Waals surface area (Å²) in [4.78, 5) is 11.0. The minimum absolute atomic E-state index is 0.318. The van der Waals surface area contributed by atoms with Crippen LogP contribution in [0.5, 0.6) is 11.5 Å². The van der Waals surface area contributed by atoms with Crippen molar-refractivity contribution < 1.29 is 14.3 Å². The summed E-state index contributed by atoms with van der Waals surface area (Å²) in [5, 5.41) is 0.648. The Labute approximate surface area is 111 Å². The highest BCUT2D eigenvalue weighted by Gasteiger charge is 2.34. The SMILES string of the molecule is CC(Oc1ccc(Cl)c2c1OC(C)(C)C2)C(N)=O. The predicted molar refractivity (Wildman–Crippen MR) is 69.1 cm³/mol. The van der Waals surface area contributed by atoms with Gasteiger partial charge in [-0.15, -0.1) is 0 Å². The average Bonchev–Trinajstić information content (AvgIpc) is 2.59. The summed E-state index contributed by atoms with van der Waals surface area (Å²) in [6.45, 7) is 5.55. The number of amides is 1. The lowest BCUT2D eigenvalue weighted by atomic mass is 10.0. The number of carbonyl (C=O) groups is 1. The van der Waals surface area contributed by atoms with Gasteiger partial charge in [0.1, 0.15) is 5.60 Å². The molecule has 0 spiro atoms. The fourth-order valence-corrected chi connectivity index (χ4v) is 2.15. The maximum atomic E-state index is 11.0. The van der Waals surface area contributed by atoms with Crippen molar-refractivity contribution in [1.82, 2.24) is 0 Å². The topological polar surface area (TPSA) is 61.6 Å². The van der Waals surface area contributed by atoms with Gasteiger partial charge in [-0.1, -0.05) is 11.6 Å². The molecule has 0 aromatic heterocycles. The number of hydrogen-bond donors (Lipinski definition) is 1. The van der Waals surface area contributed by atoms with Crippen LogP contribution in [0.3, 0.4) is 0 Å². The second-order valence-corrected chi connectivity index (χ2v) is 5.46. The van der Waals surface area contributed by atoms with Gasteiger partial charge >= 0.3 is 0 Å². The number of nitrogens with two attached hydrogens (primary N) is 1. The molecule has 98 valence electrons. The first-order chi connectivity index (χ1) is 8.30. The van der Waals surface area contributed by atoms with Gasteiger partial charge < -0.3 is 15.2 Å². The monoisotopic (exact) mass is 269 g/mol. The smallest absolute Gasteiger partial charge is 0.258 e. The van der Waals surface area contributed by atoms with Gasteiger partial charge in [0.05, 0.1) is 0 Å². The lowest BCUT2D eigenvalue weighted by Crippen LogP contribution is -2.31. The number of primary amides is 1. The number of hydrogen-bond acceptors (Lipinski definition) is 3. The Kier molecular flexibility index (Phi) is 3.15. The van der Waals surface area contributed by atoms with Crippen molar-refractivity contribution in [3.63, 3.8) is 0 Å². The molecular formula is C13H16ClNO3. The molecule has 1 aromatic rings. The van der Waals surface area contributed by atoms with Gasteiger partial charge in [0.2, 0.25) is 0 Å². The van der Waals surface area contributed by atoms with Gasteiger partial charge in [-0.05, 0) is 32.9 Å². The fourth-order valence-electron chi connectivity index (χ4n) is 1.94. The first kappa shape index (κ1) is 13.0. The molecule has 0 bridgehead atoms. The normalized spacial score (nSPS) is 17.8. The lowest BCUT2D eigenvalue weighted by molar-refractivity contribution is -0.124. The molecule has 0 aliphatic carbocycles. The maximum Gasteiger partial charge on any atom is 0.258 e. The van der Waals surface area contributed by atoms with Crippen molar-refractivity contribution in [2.24, 2.45) is 5.73 Å². The maximum absolute atomic E-state index is 11.0. The molecular weight excluding hydrogens is 254 g/mol. The number of fused-ring (bicyclic) bond motifs is 1. The van der Waals surface area contributed by atoms with E-state index >= 15 is 0 Å². The van der Waals surface area contributed by atoms with E-state index in [1.807, 2.05) is 13.8 Å². The molecule has 1 aliphatic heterocycles. The van der Waals surface area contributed by atoms with E-state index in [2.05, 4.69) is 0 Å². The number of halogens is 1. The van der Waals surface area contributed by atoms with Gasteiger partial charge in [0.25, 0.3) is 5.91 Å². The van der Waals surface area contributed by atoms with Gasteiger partial charge in [-0.25, -0.2) is 0 Å². The molecule has 0 fully saturated rings. The minimum atomic E-state index is -0.706. The summed E-state index contributed by atoms with van der Waals surface area (Å²) >= 11 is 6.14. The molecule has 1 heterocycles. The van der Waals surface area contributed by atoms with E-state index in [1.165, 1.54) is 0 Å². The lowest BCUT2D eigenvalue weighted by Gasteiger charge is -2.19. The number of carbonyl (C=O) groups excluding carboxylic acids is 1. The van der Waals surface area contributed by atoms with Crippen molar-refractivity contribution in [2.75, 3.05) is 0 Å². The molecule has 1 aromatic carbocycles. The third-order valence-corrected chi connectivity index (χ3v) is 3.21. The van der Waals surface area contributed by atoms with Crippen LogP contribution in [0, 0.1) is 0 Å². The van der Waals surface area contributed by atoms with Gasteiger partial charge in [0, 0.05) is 17.0 Å². The zero-order valence-corrected chi connectivity index (χ0v) is 11.4. The molecule has 0 radical (unpaired) electrons. The Morgan fingerprint density at radius 1 is 1.56 bits per heavy atom.